The van der Waals surface area contributed by atoms with Crippen LogP contribution in [-0.4, -0.2) is 58.6 Å². The van der Waals surface area contributed by atoms with Crippen molar-refractivity contribution >= 4 is 15.9 Å². The van der Waals surface area contributed by atoms with Crippen LogP contribution in [0.25, 0.3) is 0 Å². The summed E-state index contributed by atoms with van der Waals surface area (Å²) in [6.45, 7) is 4.61. The third kappa shape index (κ3) is 5.18. The van der Waals surface area contributed by atoms with Crippen LogP contribution in [-0.2, 0) is 14.8 Å². The van der Waals surface area contributed by atoms with Gasteiger partial charge >= 0.3 is 0 Å². The lowest BCUT2D eigenvalue weighted by Crippen LogP contribution is -2.35. The van der Waals surface area contributed by atoms with Crippen LogP contribution in [0.1, 0.15) is 43.0 Å². The molecule has 0 saturated carbocycles. The van der Waals surface area contributed by atoms with Gasteiger partial charge in [-0.05, 0) is 44.4 Å². The summed E-state index contributed by atoms with van der Waals surface area (Å²) in [6.07, 6.45) is 3.46. The molecule has 26 heavy (non-hydrogen) atoms. The summed E-state index contributed by atoms with van der Waals surface area (Å²) in [5.41, 5.74) is 0.224. The standard InChI is InChI=1S/C18H28N2O5S/c1-3-25-13-7-10-19-18(21)16-14-15(8-9-17(16)24-2)26(22,23)20-11-5-4-6-12-20/h8-9,14H,3-7,10-13H2,1-2H3,(H,19,21). The molecule has 1 amide bonds. The molecule has 0 bridgehead atoms. The van der Waals surface area contributed by atoms with Crippen molar-refractivity contribution in [3.63, 3.8) is 0 Å². The van der Waals surface area contributed by atoms with E-state index in [0.29, 0.717) is 45.0 Å². The Labute approximate surface area is 155 Å². The lowest BCUT2D eigenvalue weighted by molar-refractivity contribution is 0.0941. The molecule has 0 atom stereocenters. The molecule has 0 spiro atoms. The highest BCUT2D eigenvalue weighted by atomic mass is 32.2. The van der Waals surface area contributed by atoms with Crippen molar-refractivity contribution in [1.29, 1.82) is 0 Å². The topological polar surface area (TPSA) is 84.9 Å². The van der Waals surface area contributed by atoms with E-state index in [-0.39, 0.29) is 16.4 Å². The summed E-state index contributed by atoms with van der Waals surface area (Å²) in [7, 11) is -2.14. The molecule has 1 aliphatic heterocycles. The van der Waals surface area contributed by atoms with Crippen molar-refractivity contribution in [1.82, 2.24) is 9.62 Å². The molecule has 8 heteroatoms. The molecule has 146 valence electrons. The summed E-state index contributed by atoms with van der Waals surface area (Å²) in [5, 5.41) is 2.78. The van der Waals surface area contributed by atoms with Gasteiger partial charge in [0.25, 0.3) is 5.91 Å². The van der Waals surface area contributed by atoms with Crippen LogP contribution < -0.4 is 10.1 Å². The first kappa shape index (κ1) is 20.7. The van der Waals surface area contributed by atoms with E-state index in [4.69, 9.17) is 9.47 Å². The van der Waals surface area contributed by atoms with Gasteiger partial charge in [-0.3, -0.25) is 4.79 Å². The maximum absolute atomic E-state index is 12.8. The number of nitrogens with zero attached hydrogens (tertiary/aromatic N) is 1. The number of piperidine rings is 1. The number of rotatable bonds is 9. The van der Waals surface area contributed by atoms with Crippen LogP contribution in [0.2, 0.25) is 0 Å². The summed E-state index contributed by atoms with van der Waals surface area (Å²) in [6, 6.07) is 4.43. The van der Waals surface area contributed by atoms with E-state index in [0.717, 1.165) is 19.3 Å². The Kier molecular flexibility index (Phi) is 7.86. The highest BCUT2D eigenvalue weighted by Gasteiger charge is 2.27. The molecule has 1 saturated heterocycles. The van der Waals surface area contributed by atoms with Crippen LogP contribution >= 0.6 is 0 Å². The Morgan fingerprint density at radius 2 is 1.96 bits per heavy atom. The Morgan fingerprint density at radius 3 is 2.62 bits per heavy atom. The number of hydrogen-bond donors (Lipinski definition) is 1. The summed E-state index contributed by atoms with van der Waals surface area (Å²) in [5.74, 6) is -0.000977. The quantitative estimate of drug-likeness (QED) is 0.659. The van der Waals surface area contributed by atoms with E-state index in [1.165, 1.54) is 29.6 Å². The molecule has 0 aromatic heterocycles. The summed E-state index contributed by atoms with van der Waals surface area (Å²) < 4.78 is 37.6. The fourth-order valence-corrected chi connectivity index (χ4v) is 4.44. The number of amides is 1. The average molecular weight is 384 g/mol. The van der Waals surface area contributed by atoms with Gasteiger partial charge in [-0.1, -0.05) is 6.42 Å². The van der Waals surface area contributed by atoms with E-state index < -0.39 is 10.0 Å². The zero-order valence-electron chi connectivity index (χ0n) is 15.5. The van der Waals surface area contributed by atoms with Crippen molar-refractivity contribution in [3.8, 4) is 5.75 Å². The van der Waals surface area contributed by atoms with Crippen LogP contribution in [0.15, 0.2) is 23.1 Å². The van der Waals surface area contributed by atoms with Gasteiger partial charge in [-0.2, -0.15) is 4.31 Å². The Bertz CT molecular complexity index is 700. The SMILES string of the molecule is CCOCCCNC(=O)c1cc(S(=O)(=O)N2CCCCC2)ccc1OC. The van der Waals surface area contributed by atoms with Crippen molar-refractivity contribution in [2.45, 2.75) is 37.5 Å². The molecule has 2 rings (SSSR count). The zero-order chi connectivity index (χ0) is 19.0. The highest BCUT2D eigenvalue weighted by molar-refractivity contribution is 7.89. The van der Waals surface area contributed by atoms with E-state index in [9.17, 15) is 13.2 Å². The highest BCUT2D eigenvalue weighted by Crippen LogP contribution is 2.26. The maximum Gasteiger partial charge on any atom is 0.255 e. The minimum absolute atomic E-state index is 0.125. The van der Waals surface area contributed by atoms with Gasteiger partial charge in [-0.15, -0.1) is 0 Å². The molecular formula is C18H28N2O5S. The lowest BCUT2D eigenvalue weighted by Gasteiger charge is -2.26. The van der Waals surface area contributed by atoms with E-state index >= 15 is 0 Å². The van der Waals surface area contributed by atoms with Crippen molar-refractivity contribution in [2.75, 3.05) is 40.0 Å². The largest absolute Gasteiger partial charge is 0.496 e. The maximum atomic E-state index is 12.8. The fourth-order valence-electron chi connectivity index (χ4n) is 2.90. The number of ether oxygens (including phenoxy) is 2. The minimum Gasteiger partial charge on any atom is -0.496 e. The molecule has 1 fully saturated rings. The van der Waals surface area contributed by atoms with Gasteiger partial charge in [0.15, 0.2) is 0 Å². The number of carbonyl (C=O) groups is 1. The normalized spacial score (nSPS) is 15.6. The first-order chi connectivity index (χ1) is 12.5. The first-order valence-corrected chi connectivity index (χ1v) is 10.5. The van der Waals surface area contributed by atoms with Crippen LogP contribution in [0.5, 0.6) is 5.75 Å². The lowest BCUT2D eigenvalue weighted by atomic mass is 10.2. The molecule has 0 radical (unpaired) electrons. The van der Waals surface area contributed by atoms with Gasteiger partial charge in [0.05, 0.1) is 17.6 Å². The van der Waals surface area contributed by atoms with Gasteiger partial charge in [-0.25, -0.2) is 8.42 Å². The van der Waals surface area contributed by atoms with Crippen molar-refractivity contribution in [2.24, 2.45) is 0 Å². The van der Waals surface area contributed by atoms with Gasteiger partial charge in [0.1, 0.15) is 5.75 Å². The summed E-state index contributed by atoms with van der Waals surface area (Å²) >= 11 is 0. The predicted molar refractivity (Wildman–Crippen MR) is 99.0 cm³/mol. The van der Waals surface area contributed by atoms with E-state index in [1.807, 2.05) is 6.92 Å². The number of benzene rings is 1. The van der Waals surface area contributed by atoms with Gasteiger partial charge in [0, 0.05) is 32.8 Å². The fraction of sp³-hybridized carbons (Fsp3) is 0.611. The van der Waals surface area contributed by atoms with Crippen LogP contribution in [0.3, 0.4) is 0 Å². The van der Waals surface area contributed by atoms with Crippen molar-refractivity contribution < 1.29 is 22.7 Å². The monoisotopic (exact) mass is 384 g/mol. The second-order valence-corrected chi connectivity index (χ2v) is 8.07. The predicted octanol–water partition coefficient (Wildman–Crippen LogP) is 2.03. The third-order valence-electron chi connectivity index (χ3n) is 4.32. The Balaban J connectivity index is 2.15. The molecule has 1 aliphatic rings. The number of methoxy groups -OCH3 is 1. The molecule has 1 aromatic rings. The molecule has 1 aromatic carbocycles. The van der Waals surface area contributed by atoms with E-state index in [1.54, 1.807) is 0 Å². The molecule has 0 aliphatic carbocycles. The van der Waals surface area contributed by atoms with Crippen LogP contribution in [0.4, 0.5) is 0 Å². The second kappa shape index (κ2) is 9.89. The molecule has 0 unspecified atom stereocenters. The molecule has 1 heterocycles. The Hall–Kier alpha value is -1.64. The smallest absolute Gasteiger partial charge is 0.255 e. The first-order valence-electron chi connectivity index (χ1n) is 9.05. The number of nitrogens with one attached hydrogen (secondary N) is 1. The number of hydrogen-bond acceptors (Lipinski definition) is 5. The van der Waals surface area contributed by atoms with Crippen LogP contribution in [0, 0.1) is 0 Å². The third-order valence-corrected chi connectivity index (χ3v) is 6.22. The Morgan fingerprint density at radius 1 is 1.23 bits per heavy atom. The van der Waals surface area contributed by atoms with Gasteiger partial charge < -0.3 is 14.8 Å². The second-order valence-electron chi connectivity index (χ2n) is 6.13. The van der Waals surface area contributed by atoms with E-state index in [2.05, 4.69) is 5.32 Å². The molecular weight excluding hydrogens is 356 g/mol. The average Bonchev–Trinajstić information content (AvgIpc) is 2.67. The zero-order valence-corrected chi connectivity index (χ0v) is 16.3. The summed E-state index contributed by atoms with van der Waals surface area (Å²) in [4.78, 5) is 12.6. The van der Waals surface area contributed by atoms with Crippen molar-refractivity contribution in [3.05, 3.63) is 23.8 Å². The number of carbonyl (C=O) groups excluding carboxylic acids is 1. The number of sulfonamides is 1. The minimum atomic E-state index is -3.60. The molecule has 7 nitrogen and oxygen atoms in total. The van der Waals surface area contributed by atoms with Gasteiger partial charge in [0.2, 0.25) is 10.0 Å². The molecule has 1 N–H and O–H groups in total.